The van der Waals surface area contributed by atoms with Crippen molar-refractivity contribution in [3.05, 3.63) is 97.2 Å². The van der Waals surface area contributed by atoms with E-state index in [1.165, 1.54) is 199 Å². The summed E-state index contributed by atoms with van der Waals surface area (Å²) in [4.78, 5) is 38.5. The molecule has 1 atom stereocenters. The summed E-state index contributed by atoms with van der Waals surface area (Å²) in [5.41, 5.74) is 0. The van der Waals surface area contributed by atoms with Crippen LogP contribution in [0.4, 0.5) is 0 Å². The Morgan fingerprint density at radius 3 is 0.747 bits per heavy atom. The quantitative estimate of drug-likeness (QED) is 0.0261. The molecule has 1 unspecified atom stereocenters. The van der Waals surface area contributed by atoms with Gasteiger partial charge in [-0.25, -0.2) is 0 Å². The van der Waals surface area contributed by atoms with E-state index < -0.39 is 6.10 Å². The van der Waals surface area contributed by atoms with Crippen molar-refractivity contribution in [2.45, 2.75) is 361 Å². The Kier molecular flexibility index (Phi) is 67.7. The van der Waals surface area contributed by atoms with Gasteiger partial charge in [-0.05, 0) is 122 Å². The van der Waals surface area contributed by atoms with Crippen molar-refractivity contribution in [3.63, 3.8) is 0 Å². The topological polar surface area (TPSA) is 78.9 Å². The second-order valence-electron chi connectivity index (χ2n) is 23.8. The highest BCUT2D eigenvalue weighted by Crippen LogP contribution is 2.17. The Morgan fingerprint density at radius 1 is 0.253 bits per heavy atom. The lowest BCUT2D eigenvalue weighted by atomic mass is 10.0. The zero-order valence-electron chi connectivity index (χ0n) is 54.9. The molecule has 0 rings (SSSR count). The molecule has 0 aromatic carbocycles. The number of ether oxygens (including phenoxy) is 3. The number of carbonyl (C=O) groups is 3. The summed E-state index contributed by atoms with van der Waals surface area (Å²) < 4.78 is 17.0. The Bertz CT molecular complexity index is 1610. The molecule has 83 heavy (non-hydrogen) atoms. The van der Waals surface area contributed by atoms with E-state index in [-0.39, 0.29) is 31.1 Å². The molecule has 478 valence electrons. The third-order valence-corrected chi connectivity index (χ3v) is 15.5. The SMILES string of the molecule is CC/C=C\C/C=C\C/C=C\C/C=C\C/C=C\CCCCCCCC(=O)OC(COC(=O)CCCCCCCCCCC/C=C\CCCCCCCC)COC(=O)CCCCCCCCCCCCCCC/C=C\C/C=C\CCCCCCC. The molecule has 6 nitrogen and oxygen atoms in total. The van der Waals surface area contributed by atoms with Crippen molar-refractivity contribution in [3.8, 4) is 0 Å². The van der Waals surface area contributed by atoms with Crippen LogP contribution >= 0.6 is 0 Å². The second-order valence-corrected chi connectivity index (χ2v) is 23.8. The summed E-state index contributed by atoms with van der Waals surface area (Å²) >= 11 is 0. The number of allylic oxidation sites excluding steroid dienone is 16. The van der Waals surface area contributed by atoms with E-state index in [0.717, 1.165) is 116 Å². The van der Waals surface area contributed by atoms with Crippen LogP contribution in [0.5, 0.6) is 0 Å². The Labute approximate surface area is 515 Å². The first-order valence-electron chi connectivity index (χ1n) is 35.7. The lowest BCUT2D eigenvalue weighted by Gasteiger charge is -2.18. The fourth-order valence-corrected chi connectivity index (χ4v) is 10.2. The largest absolute Gasteiger partial charge is 0.462 e. The van der Waals surface area contributed by atoms with Crippen LogP contribution < -0.4 is 0 Å². The maximum Gasteiger partial charge on any atom is 0.306 e. The molecule has 0 aliphatic rings. The lowest BCUT2D eigenvalue weighted by molar-refractivity contribution is -0.167. The monoisotopic (exact) mass is 1160 g/mol. The molecule has 0 aromatic rings. The zero-order valence-corrected chi connectivity index (χ0v) is 54.9. The summed E-state index contributed by atoms with van der Waals surface area (Å²) in [5, 5.41) is 0. The molecule has 0 aromatic heterocycles. The smallest absolute Gasteiger partial charge is 0.306 e. The van der Waals surface area contributed by atoms with E-state index >= 15 is 0 Å². The van der Waals surface area contributed by atoms with Crippen molar-refractivity contribution in [1.82, 2.24) is 0 Å². The molecule has 0 fully saturated rings. The number of esters is 3. The Morgan fingerprint density at radius 2 is 0.470 bits per heavy atom. The van der Waals surface area contributed by atoms with Crippen LogP contribution in [-0.4, -0.2) is 37.2 Å². The van der Waals surface area contributed by atoms with Gasteiger partial charge in [-0.15, -0.1) is 0 Å². The first-order chi connectivity index (χ1) is 41.0. The van der Waals surface area contributed by atoms with Gasteiger partial charge in [0.15, 0.2) is 6.10 Å². The minimum Gasteiger partial charge on any atom is -0.462 e. The van der Waals surface area contributed by atoms with E-state index in [2.05, 4.69) is 118 Å². The van der Waals surface area contributed by atoms with Gasteiger partial charge in [0.05, 0.1) is 0 Å². The van der Waals surface area contributed by atoms with Crippen molar-refractivity contribution >= 4 is 17.9 Å². The highest BCUT2D eigenvalue weighted by atomic mass is 16.6. The first kappa shape index (κ1) is 79.3. The molecular formula is C77H134O6. The zero-order chi connectivity index (χ0) is 59.9. The molecule has 0 N–H and O–H groups in total. The summed E-state index contributed by atoms with van der Waals surface area (Å²) in [6.45, 7) is 6.54. The second kappa shape index (κ2) is 70.8. The standard InChI is InChI=1S/C77H134O6/c1-4-7-10-13-16-19-22-25-28-31-34-36-37-38-39-41-43-46-49-52-55-58-61-64-67-70-76(79)82-73-74(72-81-75(78)69-66-63-60-57-54-51-48-45-42-33-30-27-24-21-18-15-12-9-6-3)83-77(80)71-68-65-62-59-56-53-50-47-44-40-35-32-29-26-23-20-17-14-11-8-5-2/h8,11,17,20,22,25-27,29-31,34-35,40,47,50,74H,4-7,9-10,12-16,18-19,21,23-24,28,32-33,36-39,41-46,48-49,51-73H2,1-3H3/b11-8-,20-17-,25-22-,29-26-,30-27-,34-31-,40-35-,50-47-. The normalized spacial score (nSPS) is 12.7. The van der Waals surface area contributed by atoms with Gasteiger partial charge in [0.1, 0.15) is 13.2 Å². The predicted octanol–water partition coefficient (Wildman–Crippen LogP) is 24.8. The molecule has 0 amide bonds. The summed E-state index contributed by atoms with van der Waals surface area (Å²) in [6.07, 6.45) is 95.7. The van der Waals surface area contributed by atoms with Crippen LogP contribution in [0.3, 0.4) is 0 Å². The number of unbranched alkanes of at least 4 members (excludes halogenated alkanes) is 38. The van der Waals surface area contributed by atoms with Gasteiger partial charge in [0.25, 0.3) is 0 Å². The minimum absolute atomic E-state index is 0.0849. The fraction of sp³-hybridized carbons (Fsp3) is 0.753. The number of rotatable bonds is 65. The molecular weight excluding hydrogens is 1020 g/mol. The maximum absolute atomic E-state index is 13.0. The van der Waals surface area contributed by atoms with Crippen LogP contribution in [0.2, 0.25) is 0 Å². The third-order valence-electron chi connectivity index (χ3n) is 15.5. The van der Waals surface area contributed by atoms with Gasteiger partial charge in [0, 0.05) is 19.3 Å². The molecule has 0 aliphatic heterocycles. The molecule has 0 saturated carbocycles. The average Bonchev–Trinajstić information content (AvgIpc) is 3.50. The Hall–Kier alpha value is -3.67. The van der Waals surface area contributed by atoms with Gasteiger partial charge in [-0.1, -0.05) is 311 Å². The van der Waals surface area contributed by atoms with Gasteiger partial charge in [-0.2, -0.15) is 0 Å². The van der Waals surface area contributed by atoms with Crippen LogP contribution in [0, 0.1) is 0 Å². The average molecular weight is 1160 g/mol. The predicted molar refractivity (Wildman–Crippen MR) is 362 cm³/mol. The summed E-state index contributed by atoms with van der Waals surface area (Å²) in [6, 6.07) is 0. The first-order valence-corrected chi connectivity index (χ1v) is 35.7. The number of carbonyl (C=O) groups excluding carboxylic acids is 3. The molecule has 0 saturated heterocycles. The maximum atomic E-state index is 13.0. The van der Waals surface area contributed by atoms with Crippen molar-refractivity contribution in [2.24, 2.45) is 0 Å². The molecule has 6 heteroatoms. The van der Waals surface area contributed by atoms with E-state index in [4.69, 9.17) is 14.2 Å². The van der Waals surface area contributed by atoms with Gasteiger partial charge >= 0.3 is 17.9 Å². The summed E-state index contributed by atoms with van der Waals surface area (Å²) in [5.74, 6) is -0.890. The highest BCUT2D eigenvalue weighted by molar-refractivity contribution is 5.71. The summed E-state index contributed by atoms with van der Waals surface area (Å²) in [7, 11) is 0. The molecule has 0 spiro atoms. The van der Waals surface area contributed by atoms with E-state index in [9.17, 15) is 14.4 Å². The van der Waals surface area contributed by atoms with Crippen LogP contribution in [-0.2, 0) is 28.6 Å². The molecule has 0 radical (unpaired) electrons. The van der Waals surface area contributed by atoms with E-state index in [1.54, 1.807) is 0 Å². The molecule has 0 bridgehead atoms. The van der Waals surface area contributed by atoms with Crippen LogP contribution in [0.25, 0.3) is 0 Å². The third kappa shape index (κ3) is 69.0. The lowest BCUT2D eigenvalue weighted by Crippen LogP contribution is -2.30. The van der Waals surface area contributed by atoms with Crippen molar-refractivity contribution in [2.75, 3.05) is 13.2 Å². The molecule has 0 aliphatic carbocycles. The minimum atomic E-state index is -0.792. The number of hydrogen-bond donors (Lipinski definition) is 0. The molecule has 0 heterocycles. The van der Waals surface area contributed by atoms with Crippen LogP contribution in [0.1, 0.15) is 355 Å². The van der Waals surface area contributed by atoms with E-state index in [0.29, 0.717) is 19.3 Å². The van der Waals surface area contributed by atoms with E-state index in [1.807, 2.05) is 0 Å². The van der Waals surface area contributed by atoms with Crippen LogP contribution in [0.15, 0.2) is 97.2 Å². The van der Waals surface area contributed by atoms with Gasteiger partial charge < -0.3 is 14.2 Å². The fourth-order valence-electron chi connectivity index (χ4n) is 10.2. The van der Waals surface area contributed by atoms with Gasteiger partial charge in [-0.3, -0.25) is 14.4 Å². The van der Waals surface area contributed by atoms with Crippen molar-refractivity contribution < 1.29 is 28.6 Å². The Balaban J connectivity index is 4.39. The number of hydrogen-bond acceptors (Lipinski definition) is 6. The van der Waals surface area contributed by atoms with Gasteiger partial charge in [0.2, 0.25) is 0 Å². The highest BCUT2D eigenvalue weighted by Gasteiger charge is 2.19. The van der Waals surface area contributed by atoms with Crippen molar-refractivity contribution in [1.29, 1.82) is 0 Å².